The molecule has 0 amide bonds. The predicted octanol–water partition coefficient (Wildman–Crippen LogP) is 5.61. The van der Waals surface area contributed by atoms with E-state index in [4.69, 9.17) is 9.47 Å². The van der Waals surface area contributed by atoms with Gasteiger partial charge in [0.25, 0.3) is 0 Å². The predicted molar refractivity (Wildman–Crippen MR) is 127 cm³/mol. The van der Waals surface area contributed by atoms with Crippen LogP contribution in [0.5, 0.6) is 0 Å². The SMILES string of the molecule is C=C(C)c1c(CCN(C)/C=C/CC(CC)C2OCCO2)c2cc(C)c(C)cc2n1C. The Bertz CT molecular complexity index is 919. The van der Waals surface area contributed by atoms with Gasteiger partial charge in [-0.1, -0.05) is 19.6 Å². The summed E-state index contributed by atoms with van der Waals surface area (Å²) in [5, 5.41) is 1.36. The van der Waals surface area contributed by atoms with E-state index in [1.165, 1.54) is 33.3 Å². The second-order valence-corrected chi connectivity index (χ2v) is 8.75. The average molecular weight is 411 g/mol. The number of allylic oxidation sites excluding steroid dienone is 2. The molecule has 1 aromatic carbocycles. The third-order valence-electron chi connectivity index (χ3n) is 6.39. The van der Waals surface area contributed by atoms with Crippen molar-refractivity contribution in [3.63, 3.8) is 0 Å². The second kappa shape index (κ2) is 9.84. The van der Waals surface area contributed by atoms with Gasteiger partial charge in [-0.3, -0.25) is 0 Å². The smallest absolute Gasteiger partial charge is 0.160 e. The summed E-state index contributed by atoms with van der Waals surface area (Å²) >= 11 is 0. The van der Waals surface area contributed by atoms with Gasteiger partial charge in [-0.2, -0.15) is 0 Å². The molecule has 0 bridgehead atoms. The van der Waals surface area contributed by atoms with E-state index in [1.54, 1.807) is 0 Å². The lowest BCUT2D eigenvalue weighted by atomic mass is 10.0. The lowest BCUT2D eigenvalue weighted by molar-refractivity contribution is -0.0834. The summed E-state index contributed by atoms with van der Waals surface area (Å²) in [7, 11) is 4.31. The zero-order chi connectivity index (χ0) is 21.8. The molecule has 2 heterocycles. The summed E-state index contributed by atoms with van der Waals surface area (Å²) in [6.07, 6.45) is 7.47. The van der Waals surface area contributed by atoms with Gasteiger partial charge in [0.15, 0.2) is 6.29 Å². The van der Waals surface area contributed by atoms with E-state index in [1.807, 2.05) is 0 Å². The maximum absolute atomic E-state index is 5.69. The van der Waals surface area contributed by atoms with Crippen LogP contribution in [0.1, 0.15) is 49.1 Å². The standard InChI is InChI=1S/C26H38N2O2/c1-8-21(26-29-14-15-30-26)10-9-12-27(6)13-11-22-23-16-19(4)20(5)17-24(23)28(7)25(22)18(2)3/h9,12,16-17,21,26H,2,8,10-11,13-15H2,1,3-7H3/b12-9+. The number of hydrogen-bond acceptors (Lipinski definition) is 3. The first-order valence-electron chi connectivity index (χ1n) is 11.2. The number of aromatic nitrogens is 1. The minimum Gasteiger partial charge on any atom is -0.380 e. The van der Waals surface area contributed by atoms with Crippen LogP contribution in [0, 0.1) is 19.8 Å². The van der Waals surface area contributed by atoms with Crippen LogP contribution < -0.4 is 0 Å². The molecule has 2 aromatic rings. The van der Waals surface area contributed by atoms with Crippen molar-refractivity contribution in [1.82, 2.24) is 9.47 Å². The summed E-state index contributed by atoms with van der Waals surface area (Å²) in [5.41, 5.74) is 7.78. The van der Waals surface area contributed by atoms with Crippen molar-refractivity contribution in [1.29, 1.82) is 0 Å². The highest BCUT2D eigenvalue weighted by Gasteiger charge is 2.24. The Hall–Kier alpha value is -2.04. The first-order chi connectivity index (χ1) is 14.3. The number of ether oxygens (including phenoxy) is 2. The van der Waals surface area contributed by atoms with Gasteiger partial charge in [-0.25, -0.2) is 0 Å². The van der Waals surface area contributed by atoms with Crippen LogP contribution >= 0.6 is 0 Å². The summed E-state index contributed by atoms with van der Waals surface area (Å²) in [5.74, 6) is 0.427. The Morgan fingerprint density at radius 2 is 1.93 bits per heavy atom. The maximum Gasteiger partial charge on any atom is 0.160 e. The van der Waals surface area contributed by atoms with Crippen molar-refractivity contribution in [3.8, 4) is 0 Å². The zero-order valence-electron chi connectivity index (χ0n) is 19.6. The largest absolute Gasteiger partial charge is 0.380 e. The molecule has 1 aliphatic rings. The van der Waals surface area contributed by atoms with Crippen molar-refractivity contribution in [2.45, 2.75) is 53.2 Å². The van der Waals surface area contributed by atoms with Crippen LogP contribution in [0.3, 0.4) is 0 Å². The molecule has 0 spiro atoms. The summed E-state index contributed by atoms with van der Waals surface area (Å²) in [4.78, 5) is 2.28. The first kappa shape index (κ1) is 22.6. The van der Waals surface area contributed by atoms with Gasteiger partial charge in [-0.05, 0) is 80.6 Å². The van der Waals surface area contributed by atoms with E-state index < -0.39 is 0 Å². The molecular weight excluding hydrogens is 372 g/mol. The third kappa shape index (κ3) is 4.81. The fourth-order valence-corrected chi connectivity index (χ4v) is 4.46. The molecule has 4 nitrogen and oxygen atoms in total. The quantitative estimate of drug-likeness (QED) is 0.538. The summed E-state index contributed by atoms with van der Waals surface area (Å²) in [6, 6.07) is 4.65. The minimum atomic E-state index is -0.0366. The Morgan fingerprint density at radius 1 is 1.27 bits per heavy atom. The molecule has 0 aliphatic carbocycles. The maximum atomic E-state index is 5.69. The number of rotatable bonds is 9. The Kier molecular flexibility index (Phi) is 7.43. The van der Waals surface area contributed by atoms with E-state index in [-0.39, 0.29) is 6.29 Å². The minimum absolute atomic E-state index is 0.0366. The molecule has 30 heavy (non-hydrogen) atoms. The first-order valence-corrected chi connectivity index (χ1v) is 11.2. The van der Waals surface area contributed by atoms with Crippen molar-refractivity contribution >= 4 is 16.5 Å². The second-order valence-electron chi connectivity index (χ2n) is 8.75. The van der Waals surface area contributed by atoms with E-state index in [2.05, 4.69) is 82.2 Å². The van der Waals surface area contributed by atoms with Gasteiger partial charge in [-0.15, -0.1) is 0 Å². The fraction of sp³-hybridized carbons (Fsp3) is 0.538. The van der Waals surface area contributed by atoms with Gasteiger partial charge in [0.05, 0.1) is 13.2 Å². The van der Waals surface area contributed by atoms with Crippen molar-refractivity contribution in [2.75, 3.05) is 26.8 Å². The zero-order valence-corrected chi connectivity index (χ0v) is 19.6. The topological polar surface area (TPSA) is 26.6 Å². The van der Waals surface area contributed by atoms with Crippen LogP contribution in [-0.4, -0.2) is 42.6 Å². The van der Waals surface area contributed by atoms with Crippen LogP contribution in [0.25, 0.3) is 16.5 Å². The molecule has 1 aliphatic heterocycles. The highest BCUT2D eigenvalue weighted by molar-refractivity contribution is 5.91. The molecule has 0 N–H and O–H groups in total. The number of likely N-dealkylation sites (N-methyl/N-ethyl adjacent to an activating group) is 1. The van der Waals surface area contributed by atoms with Gasteiger partial charge < -0.3 is 18.9 Å². The van der Waals surface area contributed by atoms with Crippen LogP contribution in [0.2, 0.25) is 0 Å². The number of nitrogens with zero attached hydrogens (tertiary/aromatic N) is 2. The molecule has 1 fully saturated rings. The van der Waals surface area contributed by atoms with Crippen LogP contribution in [0.15, 0.2) is 31.0 Å². The van der Waals surface area contributed by atoms with Crippen molar-refractivity contribution < 1.29 is 9.47 Å². The van der Waals surface area contributed by atoms with Crippen molar-refractivity contribution in [2.24, 2.45) is 13.0 Å². The van der Waals surface area contributed by atoms with Gasteiger partial charge >= 0.3 is 0 Å². The highest BCUT2D eigenvalue weighted by atomic mass is 16.7. The third-order valence-corrected chi connectivity index (χ3v) is 6.39. The van der Waals surface area contributed by atoms with E-state index in [0.29, 0.717) is 5.92 Å². The lowest BCUT2D eigenvalue weighted by Crippen LogP contribution is -2.20. The Balaban J connectivity index is 1.70. The molecule has 1 aromatic heterocycles. The molecule has 1 atom stereocenters. The van der Waals surface area contributed by atoms with Gasteiger partial charge in [0.1, 0.15) is 0 Å². The number of hydrogen-bond donors (Lipinski definition) is 0. The Labute approximate surface area is 182 Å². The molecule has 0 radical (unpaired) electrons. The number of fused-ring (bicyclic) bond motifs is 1. The monoisotopic (exact) mass is 410 g/mol. The molecule has 1 saturated heterocycles. The number of aryl methyl sites for hydroxylation is 3. The summed E-state index contributed by atoms with van der Waals surface area (Å²) < 4.78 is 13.7. The average Bonchev–Trinajstić information content (AvgIpc) is 3.32. The lowest BCUT2D eigenvalue weighted by Gasteiger charge is -2.20. The normalized spacial score (nSPS) is 16.1. The molecule has 4 heteroatoms. The van der Waals surface area contributed by atoms with E-state index >= 15 is 0 Å². The molecule has 1 unspecified atom stereocenters. The Morgan fingerprint density at radius 3 is 2.57 bits per heavy atom. The van der Waals surface area contributed by atoms with Crippen molar-refractivity contribution in [3.05, 3.63) is 53.4 Å². The molecular formula is C26H38N2O2. The summed E-state index contributed by atoms with van der Waals surface area (Å²) in [6.45, 7) is 15.4. The molecule has 3 rings (SSSR count). The van der Waals surface area contributed by atoms with Gasteiger partial charge in [0, 0.05) is 43.2 Å². The fourth-order valence-electron chi connectivity index (χ4n) is 4.46. The molecule has 0 saturated carbocycles. The van der Waals surface area contributed by atoms with Crippen LogP contribution in [0.4, 0.5) is 0 Å². The van der Waals surface area contributed by atoms with E-state index in [9.17, 15) is 0 Å². The van der Waals surface area contributed by atoms with Gasteiger partial charge in [0.2, 0.25) is 0 Å². The van der Waals surface area contributed by atoms with E-state index in [0.717, 1.165) is 44.6 Å². The van der Waals surface area contributed by atoms with Crippen LogP contribution in [-0.2, 0) is 22.9 Å². The number of benzene rings is 1. The highest BCUT2D eigenvalue weighted by Crippen LogP contribution is 2.32. The molecule has 164 valence electrons.